The number of aliphatic hydroxyl groups excluding tert-OH is 2. The van der Waals surface area contributed by atoms with Crippen LogP contribution >= 0.6 is 0 Å². The SMILES string of the molecule is NC(=O)C(O)C(O)c1cncc(C(=O)O)c1. The van der Waals surface area contributed by atoms with Gasteiger partial charge in [-0.2, -0.15) is 0 Å². The maximum Gasteiger partial charge on any atom is 0.337 e. The fourth-order valence-corrected chi connectivity index (χ4v) is 1.07. The molecule has 16 heavy (non-hydrogen) atoms. The number of aromatic nitrogens is 1. The van der Waals surface area contributed by atoms with Gasteiger partial charge in [-0.1, -0.05) is 0 Å². The van der Waals surface area contributed by atoms with E-state index in [9.17, 15) is 19.8 Å². The van der Waals surface area contributed by atoms with E-state index >= 15 is 0 Å². The summed E-state index contributed by atoms with van der Waals surface area (Å²) in [4.78, 5) is 24.8. The van der Waals surface area contributed by atoms with E-state index in [1.54, 1.807) is 0 Å². The molecule has 2 unspecified atom stereocenters. The summed E-state index contributed by atoms with van der Waals surface area (Å²) < 4.78 is 0. The van der Waals surface area contributed by atoms with Crippen molar-refractivity contribution in [3.05, 3.63) is 29.6 Å². The first-order valence-corrected chi connectivity index (χ1v) is 4.27. The highest BCUT2D eigenvalue weighted by atomic mass is 16.4. The third kappa shape index (κ3) is 2.53. The molecule has 0 radical (unpaired) electrons. The summed E-state index contributed by atoms with van der Waals surface area (Å²) in [7, 11) is 0. The van der Waals surface area contributed by atoms with Gasteiger partial charge in [-0.15, -0.1) is 0 Å². The van der Waals surface area contributed by atoms with Crippen LogP contribution in [0, 0.1) is 0 Å². The quantitative estimate of drug-likeness (QED) is 0.502. The number of carboxylic acids is 1. The molecule has 0 spiro atoms. The largest absolute Gasteiger partial charge is 0.478 e. The Bertz CT molecular complexity index is 420. The second-order valence-electron chi connectivity index (χ2n) is 3.10. The maximum atomic E-state index is 10.6. The summed E-state index contributed by atoms with van der Waals surface area (Å²) in [6, 6.07) is 1.10. The van der Waals surface area contributed by atoms with Gasteiger partial charge in [0.15, 0.2) is 6.10 Å². The highest BCUT2D eigenvalue weighted by Gasteiger charge is 2.24. The summed E-state index contributed by atoms with van der Waals surface area (Å²) in [6.07, 6.45) is -1.17. The number of hydrogen-bond donors (Lipinski definition) is 4. The van der Waals surface area contributed by atoms with Gasteiger partial charge in [0.1, 0.15) is 6.10 Å². The molecule has 2 atom stereocenters. The van der Waals surface area contributed by atoms with E-state index in [2.05, 4.69) is 4.98 Å². The molecule has 0 aromatic carbocycles. The predicted molar refractivity (Wildman–Crippen MR) is 51.4 cm³/mol. The Morgan fingerprint density at radius 3 is 2.44 bits per heavy atom. The molecule has 0 aliphatic heterocycles. The number of pyridine rings is 1. The van der Waals surface area contributed by atoms with Crippen LogP contribution in [0.2, 0.25) is 0 Å². The molecular weight excluding hydrogens is 216 g/mol. The molecule has 0 aliphatic carbocycles. The monoisotopic (exact) mass is 226 g/mol. The Balaban J connectivity index is 3.00. The third-order valence-electron chi connectivity index (χ3n) is 1.94. The molecule has 0 saturated carbocycles. The van der Waals surface area contributed by atoms with E-state index in [0.717, 1.165) is 18.5 Å². The van der Waals surface area contributed by atoms with E-state index in [4.69, 9.17) is 10.8 Å². The van der Waals surface area contributed by atoms with Crippen LogP contribution in [0.25, 0.3) is 0 Å². The molecule has 5 N–H and O–H groups in total. The van der Waals surface area contributed by atoms with Gasteiger partial charge < -0.3 is 21.1 Å². The fourth-order valence-electron chi connectivity index (χ4n) is 1.07. The van der Waals surface area contributed by atoms with Crippen LogP contribution in [0.1, 0.15) is 22.0 Å². The molecule has 1 aromatic heterocycles. The van der Waals surface area contributed by atoms with E-state index in [-0.39, 0.29) is 11.1 Å². The first-order chi connectivity index (χ1) is 7.43. The lowest BCUT2D eigenvalue weighted by molar-refractivity contribution is -0.131. The minimum absolute atomic E-state index is 0.00574. The molecule has 0 bridgehead atoms. The van der Waals surface area contributed by atoms with Crippen molar-refractivity contribution < 1.29 is 24.9 Å². The number of carboxylic acid groups (broad SMARTS) is 1. The van der Waals surface area contributed by atoms with Crippen LogP contribution in [0.5, 0.6) is 0 Å². The van der Waals surface area contributed by atoms with Crippen LogP contribution < -0.4 is 5.73 Å². The molecule has 0 saturated heterocycles. The molecular formula is C9H10N2O5. The van der Waals surface area contributed by atoms with E-state index in [0.29, 0.717) is 0 Å². The van der Waals surface area contributed by atoms with Crippen LogP contribution in [-0.2, 0) is 4.79 Å². The zero-order valence-corrected chi connectivity index (χ0v) is 8.07. The van der Waals surface area contributed by atoms with Gasteiger partial charge >= 0.3 is 5.97 Å². The van der Waals surface area contributed by atoms with Crippen molar-refractivity contribution in [2.45, 2.75) is 12.2 Å². The number of carbonyl (C=O) groups is 2. The summed E-state index contributed by atoms with van der Waals surface area (Å²) in [5, 5.41) is 27.3. The molecule has 0 aliphatic rings. The van der Waals surface area contributed by atoms with Gasteiger partial charge in [0.2, 0.25) is 5.91 Å². The van der Waals surface area contributed by atoms with Crippen molar-refractivity contribution in [3.8, 4) is 0 Å². The number of nitrogens with zero attached hydrogens (tertiary/aromatic N) is 1. The Morgan fingerprint density at radius 2 is 1.94 bits per heavy atom. The molecule has 7 heteroatoms. The van der Waals surface area contributed by atoms with Crippen molar-refractivity contribution in [2.24, 2.45) is 5.73 Å². The average molecular weight is 226 g/mol. The Morgan fingerprint density at radius 1 is 1.31 bits per heavy atom. The van der Waals surface area contributed by atoms with E-state index < -0.39 is 24.1 Å². The number of aliphatic hydroxyl groups is 2. The molecule has 0 fully saturated rings. The minimum Gasteiger partial charge on any atom is -0.478 e. The minimum atomic E-state index is -1.80. The highest BCUT2D eigenvalue weighted by molar-refractivity contribution is 5.87. The maximum absolute atomic E-state index is 10.6. The van der Waals surface area contributed by atoms with Crippen molar-refractivity contribution in [2.75, 3.05) is 0 Å². The number of nitrogens with two attached hydrogens (primary N) is 1. The van der Waals surface area contributed by atoms with E-state index in [1.807, 2.05) is 0 Å². The van der Waals surface area contributed by atoms with Gasteiger partial charge in [-0.05, 0) is 6.07 Å². The van der Waals surface area contributed by atoms with Gasteiger partial charge in [0.25, 0.3) is 0 Å². The molecule has 1 amide bonds. The van der Waals surface area contributed by atoms with Crippen molar-refractivity contribution in [3.63, 3.8) is 0 Å². The van der Waals surface area contributed by atoms with Gasteiger partial charge in [-0.3, -0.25) is 9.78 Å². The van der Waals surface area contributed by atoms with Crippen molar-refractivity contribution >= 4 is 11.9 Å². The summed E-state index contributed by atoms with van der Waals surface area (Å²) in [6.45, 7) is 0. The summed E-state index contributed by atoms with van der Waals surface area (Å²) >= 11 is 0. The number of amides is 1. The smallest absolute Gasteiger partial charge is 0.337 e. The normalized spacial score (nSPS) is 14.1. The molecule has 1 rings (SSSR count). The second kappa shape index (κ2) is 4.69. The second-order valence-corrected chi connectivity index (χ2v) is 3.10. The molecule has 1 aromatic rings. The zero-order valence-electron chi connectivity index (χ0n) is 8.07. The fraction of sp³-hybridized carbons (Fsp3) is 0.222. The Hall–Kier alpha value is -1.99. The number of aromatic carboxylic acids is 1. The Kier molecular flexibility index (Phi) is 3.54. The lowest BCUT2D eigenvalue weighted by Gasteiger charge is -2.14. The molecule has 7 nitrogen and oxygen atoms in total. The predicted octanol–water partition coefficient (Wildman–Crippen LogP) is -1.34. The Labute approximate surface area is 90.2 Å². The van der Waals surface area contributed by atoms with Crippen LogP contribution in [0.15, 0.2) is 18.5 Å². The topological polar surface area (TPSA) is 134 Å². The summed E-state index contributed by atoms with van der Waals surface area (Å²) in [5.74, 6) is -2.33. The van der Waals surface area contributed by atoms with Crippen molar-refractivity contribution in [1.29, 1.82) is 0 Å². The van der Waals surface area contributed by atoms with Crippen LogP contribution in [0.4, 0.5) is 0 Å². The molecule has 86 valence electrons. The lowest BCUT2D eigenvalue weighted by Crippen LogP contribution is -2.34. The van der Waals surface area contributed by atoms with Crippen LogP contribution in [-0.4, -0.2) is 38.3 Å². The highest BCUT2D eigenvalue weighted by Crippen LogP contribution is 2.16. The number of primary amides is 1. The van der Waals surface area contributed by atoms with Gasteiger partial charge in [-0.25, -0.2) is 4.79 Å². The van der Waals surface area contributed by atoms with Gasteiger partial charge in [0.05, 0.1) is 5.56 Å². The lowest BCUT2D eigenvalue weighted by atomic mass is 10.0. The summed E-state index contributed by atoms with van der Waals surface area (Å²) in [5.41, 5.74) is 4.63. The molecule has 1 heterocycles. The van der Waals surface area contributed by atoms with Gasteiger partial charge in [0, 0.05) is 18.0 Å². The number of carbonyl (C=O) groups excluding carboxylic acids is 1. The van der Waals surface area contributed by atoms with Crippen LogP contribution in [0.3, 0.4) is 0 Å². The first-order valence-electron chi connectivity index (χ1n) is 4.27. The number of hydrogen-bond acceptors (Lipinski definition) is 5. The van der Waals surface area contributed by atoms with Crippen molar-refractivity contribution in [1.82, 2.24) is 4.98 Å². The zero-order chi connectivity index (χ0) is 12.3. The average Bonchev–Trinajstić information content (AvgIpc) is 2.27. The first kappa shape index (κ1) is 12.1. The standard InChI is InChI=1S/C9H10N2O5/c10-8(14)7(13)6(12)4-1-5(9(15)16)3-11-2-4/h1-3,6-7,12-13H,(H2,10,14)(H,15,16). The van der Waals surface area contributed by atoms with E-state index in [1.165, 1.54) is 0 Å². The third-order valence-corrected chi connectivity index (χ3v) is 1.94. The number of rotatable bonds is 4.